The van der Waals surface area contributed by atoms with Crippen LogP contribution in [0.25, 0.3) is 10.4 Å². The number of hydrogen-bond acceptors (Lipinski definition) is 0. The Hall–Kier alpha value is -0.903. The maximum Gasteiger partial charge on any atom is 0.119 e. The number of benzene rings is 2. The average Bonchev–Trinajstić information content (AvgIpc) is 3.16. The van der Waals surface area contributed by atoms with E-state index in [4.69, 9.17) is 0 Å². The second-order valence-corrected chi connectivity index (χ2v) is 14.3. The van der Waals surface area contributed by atoms with Crippen LogP contribution in [0.5, 0.6) is 0 Å². The minimum absolute atomic E-state index is 1.11. The maximum atomic E-state index is 3.90. The predicted octanol–water partition coefficient (Wildman–Crippen LogP) is 8.14. The van der Waals surface area contributed by atoms with Crippen LogP contribution in [-0.4, -0.2) is 8.07 Å². The molecular weight excluding hydrogens is 476 g/mol. The highest BCUT2D eigenvalue weighted by molar-refractivity contribution is 9.10. The summed E-state index contributed by atoms with van der Waals surface area (Å²) < 4.78 is 2.54. The Morgan fingerprint density at radius 2 is 1.15 bits per heavy atom. The van der Waals surface area contributed by atoms with Crippen molar-refractivity contribution in [2.24, 2.45) is 0 Å². The Bertz CT molecular complexity index is 916. The molecule has 2 aliphatic rings. The molecular formula is C24H26Br2Si. The molecule has 0 aromatic heterocycles. The van der Waals surface area contributed by atoms with Crippen molar-refractivity contribution in [1.82, 2.24) is 0 Å². The molecule has 2 aromatic carbocycles. The lowest BCUT2D eigenvalue weighted by Gasteiger charge is -2.36. The van der Waals surface area contributed by atoms with Crippen LogP contribution in [0, 0.1) is 0 Å². The van der Waals surface area contributed by atoms with E-state index in [0.29, 0.717) is 0 Å². The first-order chi connectivity index (χ1) is 12.9. The second-order valence-electron chi connectivity index (χ2n) is 8.00. The SMILES string of the molecule is CC[Si](CC)(C1=C(C)Cc2cccc(Br)c21)C1=C(C)Cc2cccc(Br)c21. The molecule has 0 spiro atoms. The minimum Gasteiger partial charge on any atom is -0.0686 e. The van der Waals surface area contributed by atoms with E-state index in [1.54, 1.807) is 21.5 Å². The number of halogens is 2. The van der Waals surface area contributed by atoms with E-state index in [1.807, 2.05) is 0 Å². The molecule has 2 aliphatic carbocycles. The van der Waals surface area contributed by atoms with Gasteiger partial charge in [-0.3, -0.25) is 0 Å². The summed E-state index contributed by atoms with van der Waals surface area (Å²) in [7, 11) is -1.87. The van der Waals surface area contributed by atoms with Gasteiger partial charge in [0.25, 0.3) is 0 Å². The Morgan fingerprint density at radius 3 is 1.52 bits per heavy atom. The summed E-state index contributed by atoms with van der Waals surface area (Å²) in [4.78, 5) is 0. The zero-order chi connectivity index (χ0) is 19.3. The minimum atomic E-state index is -1.87. The van der Waals surface area contributed by atoms with E-state index in [2.05, 4.69) is 96.0 Å². The number of fused-ring (bicyclic) bond motifs is 2. The van der Waals surface area contributed by atoms with Crippen LogP contribution in [-0.2, 0) is 12.8 Å². The zero-order valence-corrected chi connectivity index (χ0v) is 20.7. The van der Waals surface area contributed by atoms with Crippen molar-refractivity contribution in [3.63, 3.8) is 0 Å². The molecule has 0 unspecified atom stereocenters. The monoisotopic (exact) mass is 500 g/mol. The molecule has 0 saturated carbocycles. The van der Waals surface area contributed by atoms with Crippen molar-refractivity contribution < 1.29 is 0 Å². The van der Waals surface area contributed by atoms with Gasteiger partial charge in [0.15, 0.2) is 0 Å². The average molecular weight is 502 g/mol. The number of rotatable bonds is 4. The molecule has 0 N–H and O–H groups in total. The van der Waals surface area contributed by atoms with E-state index in [9.17, 15) is 0 Å². The van der Waals surface area contributed by atoms with Gasteiger partial charge in [0.2, 0.25) is 0 Å². The van der Waals surface area contributed by atoms with Gasteiger partial charge in [-0.2, -0.15) is 0 Å². The Kier molecular flexibility index (Phi) is 5.15. The zero-order valence-electron chi connectivity index (χ0n) is 16.5. The van der Waals surface area contributed by atoms with Crippen molar-refractivity contribution >= 4 is 50.3 Å². The highest BCUT2D eigenvalue weighted by Gasteiger charge is 2.46. The molecule has 27 heavy (non-hydrogen) atoms. The lowest BCUT2D eigenvalue weighted by molar-refractivity contribution is 1.19. The normalized spacial score (nSPS) is 16.2. The third kappa shape index (κ3) is 2.80. The molecule has 0 saturated heterocycles. The Labute approximate surface area is 181 Å². The van der Waals surface area contributed by atoms with Crippen LogP contribution in [0.3, 0.4) is 0 Å². The lowest BCUT2D eigenvalue weighted by atomic mass is 10.1. The van der Waals surface area contributed by atoms with Crippen molar-refractivity contribution in [3.8, 4) is 0 Å². The maximum absolute atomic E-state index is 3.90. The fraction of sp³-hybridized carbons (Fsp3) is 0.333. The molecule has 0 aliphatic heterocycles. The highest BCUT2D eigenvalue weighted by Crippen LogP contribution is 2.54. The van der Waals surface area contributed by atoms with Crippen molar-refractivity contribution in [3.05, 3.63) is 78.7 Å². The van der Waals surface area contributed by atoms with Crippen molar-refractivity contribution in [1.29, 1.82) is 0 Å². The van der Waals surface area contributed by atoms with Gasteiger partial charge in [-0.05, 0) is 71.5 Å². The third-order valence-corrected chi connectivity index (χ3v) is 13.6. The lowest BCUT2D eigenvalue weighted by Crippen LogP contribution is -2.37. The summed E-state index contributed by atoms with van der Waals surface area (Å²) >= 11 is 7.80. The quantitative estimate of drug-likeness (QED) is 0.371. The van der Waals surface area contributed by atoms with Crippen LogP contribution >= 0.6 is 31.9 Å². The summed E-state index contributed by atoms with van der Waals surface area (Å²) in [6.45, 7) is 9.61. The molecule has 0 nitrogen and oxygen atoms in total. The second kappa shape index (κ2) is 7.17. The van der Waals surface area contributed by atoms with E-state index >= 15 is 0 Å². The van der Waals surface area contributed by atoms with Crippen LogP contribution in [0.1, 0.15) is 49.9 Å². The van der Waals surface area contributed by atoms with Crippen LogP contribution < -0.4 is 0 Å². The van der Waals surface area contributed by atoms with Gasteiger partial charge in [0, 0.05) is 8.95 Å². The molecule has 0 atom stereocenters. The summed E-state index contributed by atoms with van der Waals surface area (Å²) in [6, 6.07) is 16.0. The van der Waals surface area contributed by atoms with Gasteiger partial charge in [-0.15, -0.1) is 0 Å². The number of allylic oxidation sites excluding steroid dienone is 2. The summed E-state index contributed by atoms with van der Waals surface area (Å²) in [5.41, 5.74) is 9.19. The summed E-state index contributed by atoms with van der Waals surface area (Å²) in [5.74, 6) is 0. The van der Waals surface area contributed by atoms with E-state index in [-0.39, 0.29) is 0 Å². The van der Waals surface area contributed by atoms with Crippen LogP contribution in [0.15, 0.2) is 56.5 Å². The molecule has 0 radical (unpaired) electrons. The summed E-state index contributed by atoms with van der Waals surface area (Å²) in [6.07, 6.45) is 2.21. The fourth-order valence-corrected chi connectivity index (χ4v) is 12.6. The van der Waals surface area contributed by atoms with Crippen LogP contribution in [0.4, 0.5) is 0 Å². The predicted molar refractivity (Wildman–Crippen MR) is 128 cm³/mol. The van der Waals surface area contributed by atoms with Gasteiger partial charge in [0.1, 0.15) is 8.07 Å². The molecule has 0 fully saturated rings. The van der Waals surface area contributed by atoms with Gasteiger partial charge in [-0.1, -0.05) is 93.2 Å². The largest absolute Gasteiger partial charge is 0.119 e. The standard InChI is InChI=1S/C24H26Br2Si/c1-5-27(6-2,23-15(3)13-17-9-7-11-19(25)21(17)23)24-16(4)14-18-10-8-12-20(26)22(18)24/h7-12H,5-6,13-14H2,1-4H3. The van der Waals surface area contributed by atoms with Gasteiger partial charge in [0.05, 0.1) is 0 Å². The molecule has 0 heterocycles. The van der Waals surface area contributed by atoms with E-state index in [1.165, 1.54) is 43.3 Å². The summed E-state index contributed by atoms with van der Waals surface area (Å²) in [5, 5.41) is 3.40. The smallest absolute Gasteiger partial charge is 0.0686 e. The molecule has 2 aromatic rings. The first kappa shape index (κ1) is 19.4. The molecule has 140 valence electrons. The van der Waals surface area contributed by atoms with Gasteiger partial charge < -0.3 is 0 Å². The fourth-order valence-electron chi connectivity index (χ4n) is 5.54. The molecule has 3 heteroatoms. The first-order valence-corrected chi connectivity index (χ1v) is 13.9. The van der Waals surface area contributed by atoms with E-state index < -0.39 is 8.07 Å². The Balaban J connectivity index is 2.02. The molecule has 4 rings (SSSR count). The third-order valence-electron chi connectivity index (χ3n) is 6.63. The molecule has 0 amide bonds. The van der Waals surface area contributed by atoms with Gasteiger partial charge in [-0.25, -0.2) is 0 Å². The number of hydrogen-bond donors (Lipinski definition) is 0. The topological polar surface area (TPSA) is 0 Å². The van der Waals surface area contributed by atoms with Crippen molar-refractivity contribution in [2.45, 2.75) is 52.6 Å². The van der Waals surface area contributed by atoms with Crippen LogP contribution in [0.2, 0.25) is 12.1 Å². The van der Waals surface area contributed by atoms with Gasteiger partial charge >= 0.3 is 0 Å². The van der Waals surface area contributed by atoms with E-state index in [0.717, 1.165) is 12.8 Å². The molecule has 0 bridgehead atoms. The Morgan fingerprint density at radius 1 is 0.741 bits per heavy atom. The highest BCUT2D eigenvalue weighted by atomic mass is 79.9. The van der Waals surface area contributed by atoms with Crippen molar-refractivity contribution in [2.75, 3.05) is 0 Å². The first-order valence-electron chi connectivity index (χ1n) is 9.90.